The van der Waals surface area contributed by atoms with Crippen LogP contribution >= 0.6 is 0 Å². The standard InChI is InChI=1S/C12H13N5O2/c18-12(13-9-6-10-8(9)2-4-19-10)7-1-3-17-11(5-7)14-15-16-17/h1,3,5,8-10H,2,4,6H2,(H,13,18)/t8-,9-,10+/m1/s1. The molecule has 7 heteroatoms. The molecule has 1 aliphatic carbocycles. The predicted molar refractivity (Wildman–Crippen MR) is 64.5 cm³/mol. The summed E-state index contributed by atoms with van der Waals surface area (Å²) in [4.78, 5) is 12.2. The van der Waals surface area contributed by atoms with Crippen LogP contribution in [0.25, 0.3) is 5.65 Å². The van der Waals surface area contributed by atoms with E-state index in [0.29, 0.717) is 23.2 Å². The summed E-state index contributed by atoms with van der Waals surface area (Å²) in [5.41, 5.74) is 1.16. The molecule has 1 saturated heterocycles. The molecule has 7 nitrogen and oxygen atoms in total. The second-order valence-corrected chi connectivity index (χ2v) is 5.07. The Morgan fingerprint density at radius 2 is 2.47 bits per heavy atom. The van der Waals surface area contributed by atoms with Gasteiger partial charge in [-0.2, -0.15) is 0 Å². The average molecular weight is 259 g/mol. The van der Waals surface area contributed by atoms with E-state index in [2.05, 4.69) is 20.8 Å². The molecule has 1 saturated carbocycles. The molecule has 3 atom stereocenters. The van der Waals surface area contributed by atoms with Crippen molar-refractivity contribution in [2.24, 2.45) is 5.92 Å². The first-order chi connectivity index (χ1) is 9.31. The summed E-state index contributed by atoms with van der Waals surface area (Å²) in [6.07, 6.45) is 4.01. The summed E-state index contributed by atoms with van der Waals surface area (Å²) in [6, 6.07) is 3.66. The van der Waals surface area contributed by atoms with Gasteiger partial charge in [0.2, 0.25) is 0 Å². The fourth-order valence-corrected chi connectivity index (χ4v) is 2.90. The van der Waals surface area contributed by atoms with Crippen LogP contribution in [0.5, 0.6) is 0 Å². The van der Waals surface area contributed by atoms with Crippen LogP contribution in [0.2, 0.25) is 0 Å². The van der Waals surface area contributed by atoms with Crippen molar-refractivity contribution in [1.82, 2.24) is 25.4 Å². The smallest absolute Gasteiger partial charge is 0.251 e. The molecule has 2 fully saturated rings. The highest BCUT2D eigenvalue weighted by molar-refractivity contribution is 5.95. The molecule has 0 spiro atoms. The summed E-state index contributed by atoms with van der Waals surface area (Å²) in [6.45, 7) is 0.819. The summed E-state index contributed by atoms with van der Waals surface area (Å²) < 4.78 is 7.06. The quantitative estimate of drug-likeness (QED) is 0.823. The number of carbonyl (C=O) groups is 1. The molecule has 0 bridgehead atoms. The van der Waals surface area contributed by atoms with Crippen LogP contribution in [0, 0.1) is 5.92 Å². The van der Waals surface area contributed by atoms with E-state index >= 15 is 0 Å². The zero-order chi connectivity index (χ0) is 12.8. The normalized spacial score (nSPS) is 28.9. The largest absolute Gasteiger partial charge is 0.378 e. The average Bonchev–Trinajstić information content (AvgIpc) is 3.00. The molecular formula is C12H13N5O2. The molecule has 1 aliphatic heterocycles. The lowest BCUT2D eigenvalue weighted by Crippen LogP contribution is -2.53. The van der Waals surface area contributed by atoms with Crippen LogP contribution in [-0.4, -0.2) is 44.7 Å². The zero-order valence-corrected chi connectivity index (χ0v) is 10.2. The Labute approximate surface area is 108 Å². The fraction of sp³-hybridized carbons (Fsp3) is 0.500. The minimum atomic E-state index is -0.0687. The van der Waals surface area contributed by atoms with Crippen LogP contribution in [0.15, 0.2) is 18.3 Å². The highest BCUT2D eigenvalue weighted by Crippen LogP contribution is 2.38. The predicted octanol–water partition coefficient (Wildman–Crippen LogP) is 0.0315. The van der Waals surface area contributed by atoms with E-state index in [-0.39, 0.29) is 11.9 Å². The molecule has 98 valence electrons. The lowest BCUT2D eigenvalue weighted by molar-refractivity contribution is 0.00810. The molecule has 19 heavy (non-hydrogen) atoms. The fourth-order valence-electron chi connectivity index (χ4n) is 2.90. The molecule has 2 aromatic heterocycles. The molecule has 4 rings (SSSR count). The summed E-state index contributed by atoms with van der Waals surface area (Å²) in [5, 5.41) is 14.2. The lowest BCUT2D eigenvalue weighted by Gasteiger charge is -2.39. The van der Waals surface area contributed by atoms with Gasteiger partial charge in [-0.05, 0) is 35.4 Å². The summed E-state index contributed by atoms with van der Waals surface area (Å²) in [7, 11) is 0. The van der Waals surface area contributed by atoms with Crippen LogP contribution in [0.1, 0.15) is 23.2 Å². The van der Waals surface area contributed by atoms with Crippen molar-refractivity contribution in [3.05, 3.63) is 23.9 Å². The van der Waals surface area contributed by atoms with Crippen LogP contribution < -0.4 is 5.32 Å². The molecule has 1 N–H and O–H groups in total. The molecule has 2 aromatic rings. The second kappa shape index (κ2) is 3.99. The highest BCUT2D eigenvalue weighted by Gasteiger charge is 2.45. The SMILES string of the molecule is O=C(N[C@@H]1C[C@@H]2OCC[C@@H]21)c1ccn2nnnc2c1. The van der Waals surface area contributed by atoms with Crippen LogP contribution in [0.3, 0.4) is 0 Å². The Morgan fingerprint density at radius 1 is 1.53 bits per heavy atom. The van der Waals surface area contributed by atoms with E-state index in [1.807, 2.05) is 0 Å². The third-order valence-corrected chi connectivity index (χ3v) is 4.04. The maximum atomic E-state index is 12.2. The van der Waals surface area contributed by atoms with E-state index in [9.17, 15) is 4.79 Å². The van der Waals surface area contributed by atoms with Gasteiger partial charge in [0.25, 0.3) is 5.91 Å². The van der Waals surface area contributed by atoms with Gasteiger partial charge in [-0.15, -0.1) is 5.10 Å². The molecule has 1 amide bonds. The Balaban J connectivity index is 1.50. The Bertz CT molecular complexity index is 640. The number of amides is 1. The Morgan fingerprint density at radius 3 is 3.37 bits per heavy atom. The first kappa shape index (κ1) is 10.9. The van der Waals surface area contributed by atoms with Crippen LogP contribution in [-0.2, 0) is 4.74 Å². The van der Waals surface area contributed by atoms with Gasteiger partial charge in [0.05, 0.1) is 6.10 Å². The van der Waals surface area contributed by atoms with Crippen molar-refractivity contribution in [2.45, 2.75) is 25.0 Å². The van der Waals surface area contributed by atoms with Crippen molar-refractivity contribution in [3.63, 3.8) is 0 Å². The number of aromatic nitrogens is 4. The minimum Gasteiger partial charge on any atom is -0.378 e. The number of tetrazole rings is 1. The number of carbonyl (C=O) groups excluding carboxylic acids is 1. The number of ether oxygens (including phenoxy) is 1. The first-order valence-corrected chi connectivity index (χ1v) is 6.41. The van der Waals surface area contributed by atoms with E-state index in [4.69, 9.17) is 4.74 Å². The summed E-state index contributed by atoms with van der Waals surface area (Å²) in [5.74, 6) is 0.420. The molecule has 2 aliphatic rings. The van der Waals surface area contributed by atoms with E-state index < -0.39 is 0 Å². The number of hydrogen-bond acceptors (Lipinski definition) is 5. The third kappa shape index (κ3) is 1.69. The number of hydrogen-bond donors (Lipinski definition) is 1. The van der Waals surface area contributed by atoms with Crippen molar-refractivity contribution >= 4 is 11.6 Å². The maximum absolute atomic E-state index is 12.2. The van der Waals surface area contributed by atoms with Gasteiger partial charge in [0.1, 0.15) is 0 Å². The summed E-state index contributed by atoms with van der Waals surface area (Å²) >= 11 is 0. The first-order valence-electron chi connectivity index (χ1n) is 6.41. The number of pyridine rings is 1. The Hall–Kier alpha value is -2.02. The highest BCUT2D eigenvalue weighted by atomic mass is 16.5. The van der Waals surface area contributed by atoms with Crippen molar-refractivity contribution in [1.29, 1.82) is 0 Å². The number of rotatable bonds is 2. The molecule has 0 unspecified atom stereocenters. The van der Waals surface area contributed by atoms with Crippen LogP contribution in [0.4, 0.5) is 0 Å². The van der Waals surface area contributed by atoms with Gasteiger partial charge in [0, 0.05) is 30.3 Å². The van der Waals surface area contributed by atoms with Crippen molar-refractivity contribution in [3.8, 4) is 0 Å². The van der Waals surface area contributed by atoms with E-state index in [0.717, 1.165) is 19.4 Å². The number of nitrogens with one attached hydrogen (secondary N) is 1. The molecule has 0 aromatic carbocycles. The monoisotopic (exact) mass is 259 g/mol. The van der Waals surface area contributed by atoms with Gasteiger partial charge in [-0.3, -0.25) is 4.79 Å². The van der Waals surface area contributed by atoms with E-state index in [1.54, 1.807) is 18.3 Å². The molecule has 3 heterocycles. The van der Waals surface area contributed by atoms with Gasteiger partial charge in [-0.25, -0.2) is 4.52 Å². The molecule has 0 radical (unpaired) electrons. The minimum absolute atomic E-state index is 0.0687. The van der Waals surface area contributed by atoms with Gasteiger partial charge in [0.15, 0.2) is 5.65 Å². The zero-order valence-electron chi connectivity index (χ0n) is 10.2. The number of nitrogens with zero attached hydrogens (tertiary/aromatic N) is 4. The number of fused-ring (bicyclic) bond motifs is 2. The van der Waals surface area contributed by atoms with Gasteiger partial charge in [-0.1, -0.05) is 0 Å². The van der Waals surface area contributed by atoms with E-state index in [1.165, 1.54) is 4.52 Å². The maximum Gasteiger partial charge on any atom is 0.251 e. The molecular weight excluding hydrogens is 246 g/mol. The lowest BCUT2D eigenvalue weighted by atomic mass is 9.76. The van der Waals surface area contributed by atoms with Crippen molar-refractivity contribution < 1.29 is 9.53 Å². The second-order valence-electron chi connectivity index (χ2n) is 5.07. The van der Waals surface area contributed by atoms with Gasteiger partial charge >= 0.3 is 0 Å². The topological polar surface area (TPSA) is 81.4 Å². The Kier molecular flexibility index (Phi) is 2.28. The van der Waals surface area contributed by atoms with Gasteiger partial charge < -0.3 is 10.1 Å². The third-order valence-electron chi connectivity index (χ3n) is 4.04. The van der Waals surface area contributed by atoms with Crippen molar-refractivity contribution in [2.75, 3.05) is 6.61 Å².